The van der Waals surface area contributed by atoms with Gasteiger partial charge in [0.05, 0.1) is 5.41 Å². The van der Waals surface area contributed by atoms with Gasteiger partial charge in [0, 0.05) is 30.8 Å². The van der Waals surface area contributed by atoms with Crippen molar-refractivity contribution in [2.24, 2.45) is 5.92 Å². The first kappa shape index (κ1) is 22.1. The van der Waals surface area contributed by atoms with Gasteiger partial charge in [0.15, 0.2) is 23.0 Å². The predicted octanol–water partition coefficient (Wildman–Crippen LogP) is 4.22. The molecule has 1 saturated carbocycles. The van der Waals surface area contributed by atoms with Crippen LogP contribution in [0, 0.1) is 5.92 Å². The molecule has 2 amide bonds. The number of benzene rings is 2. The van der Waals surface area contributed by atoms with Gasteiger partial charge in [0.25, 0.3) is 0 Å². The molecule has 35 heavy (non-hydrogen) atoms. The van der Waals surface area contributed by atoms with Crippen molar-refractivity contribution >= 4 is 17.5 Å². The maximum Gasteiger partial charge on any atom is 0.233 e. The van der Waals surface area contributed by atoms with E-state index >= 15 is 0 Å². The second-order valence-corrected chi connectivity index (χ2v) is 9.83. The Labute approximate surface area is 204 Å². The van der Waals surface area contributed by atoms with Gasteiger partial charge in [-0.05, 0) is 55.5 Å². The van der Waals surface area contributed by atoms with E-state index in [-0.39, 0.29) is 31.3 Å². The molecule has 2 fully saturated rings. The van der Waals surface area contributed by atoms with Crippen LogP contribution in [-0.4, -0.2) is 43.4 Å². The lowest BCUT2D eigenvalue weighted by molar-refractivity contribution is -0.141. The monoisotopic (exact) mass is 478 g/mol. The van der Waals surface area contributed by atoms with Gasteiger partial charge in [-0.25, -0.2) is 0 Å². The second-order valence-electron chi connectivity index (χ2n) is 9.83. The van der Waals surface area contributed by atoms with Crippen LogP contribution >= 0.6 is 0 Å². The Morgan fingerprint density at radius 2 is 1.43 bits per heavy atom. The third kappa shape index (κ3) is 4.05. The van der Waals surface area contributed by atoms with Gasteiger partial charge in [-0.15, -0.1) is 0 Å². The Morgan fingerprint density at radius 1 is 0.800 bits per heavy atom. The summed E-state index contributed by atoms with van der Waals surface area (Å²) in [5.74, 6) is 2.83. The molecule has 0 radical (unpaired) electrons. The third-order valence-electron chi connectivity index (χ3n) is 7.83. The molecule has 0 bridgehead atoms. The van der Waals surface area contributed by atoms with Crippen LogP contribution in [0.1, 0.15) is 50.5 Å². The topological polar surface area (TPSA) is 86.3 Å². The molecule has 0 spiro atoms. The van der Waals surface area contributed by atoms with Crippen molar-refractivity contribution in [3.63, 3.8) is 0 Å². The summed E-state index contributed by atoms with van der Waals surface area (Å²) in [5.41, 5.74) is 1.19. The van der Waals surface area contributed by atoms with Crippen molar-refractivity contribution in [2.45, 2.75) is 50.4 Å². The number of rotatable bonds is 4. The fourth-order valence-corrected chi connectivity index (χ4v) is 5.84. The van der Waals surface area contributed by atoms with Crippen LogP contribution < -0.4 is 24.3 Å². The first-order valence-corrected chi connectivity index (χ1v) is 12.5. The highest BCUT2D eigenvalue weighted by molar-refractivity contribution is 5.93. The van der Waals surface area contributed by atoms with Crippen LogP contribution in [0.3, 0.4) is 0 Å². The number of likely N-dealkylation sites (tertiary alicyclic amines) is 1. The highest BCUT2D eigenvalue weighted by Crippen LogP contribution is 2.45. The summed E-state index contributed by atoms with van der Waals surface area (Å²) in [4.78, 5) is 28.9. The van der Waals surface area contributed by atoms with E-state index in [0.29, 0.717) is 43.1 Å². The molecule has 1 aliphatic carbocycles. The first-order chi connectivity index (χ1) is 17.1. The summed E-state index contributed by atoms with van der Waals surface area (Å²) in [6, 6.07) is 11.4. The molecule has 1 N–H and O–H groups in total. The van der Waals surface area contributed by atoms with Gasteiger partial charge in [-0.3, -0.25) is 9.59 Å². The van der Waals surface area contributed by atoms with Gasteiger partial charge < -0.3 is 29.2 Å². The molecule has 0 unspecified atom stereocenters. The quantitative estimate of drug-likeness (QED) is 0.708. The normalized spacial score (nSPS) is 20.5. The average molecular weight is 479 g/mol. The van der Waals surface area contributed by atoms with Crippen LogP contribution in [0.4, 0.5) is 5.69 Å². The smallest absolute Gasteiger partial charge is 0.233 e. The molecule has 8 nitrogen and oxygen atoms in total. The van der Waals surface area contributed by atoms with E-state index in [1.54, 1.807) is 12.1 Å². The maximum atomic E-state index is 14.0. The van der Waals surface area contributed by atoms with E-state index in [1.807, 2.05) is 29.2 Å². The number of amides is 2. The largest absolute Gasteiger partial charge is 0.454 e. The summed E-state index contributed by atoms with van der Waals surface area (Å²) in [6.07, 6.45) is 6.22. The maximum absolute atomic E-state index is 14.0. The first-order valence-electron chi connectivity index (χ1n) is 12.5. The number of fused-ring (bicyclic) bond motifs is 2. The Balaban J connectivity index is 1.13. The lowest BCUT2D eigenvalue weighted by Gasteiger charge is -2.42. The number of nitrogens with zero attached hydrogens (tertiary/aromatic N) is 1. The minimum atomic E-state index is -0.527. The molecule has 3 aliphatic heterocycles. The van der Waals surface area contributed by atoms with Crippen molar-refractivity contribution in [3.05, 3.63) is 42.0 Å². The van der Waals surface area contributed by atoms with Crippen molar-refractivity contribution in [1.29, 1.82) is 0 Å². The molecule has 184 valence electrons. The zero-order chi connectivity index (χ0) is 23.8. The van der Waals surface area contributed by atoms with Crippen molar-refractivity contribution in [2.75, 3.05) is 32.0 Å². The van der Waals surface area contributed by atoms with E-state index in [9.17, 15) is 9.59 Å². The predicted molar refractivity (Wildman–Crippen MR) is 128 cm³/mol. The zero-order valence-corrected chi connectivity index (χ0v) is 19.7. The van der Waals surface area contributed by atoms with Gasteiger partial charge in [-0.1, -0.05) is 25.3 Å². The van der Waals surface area contributed by atoms with E-state index < -0.39 is 5.41 Å². The molecule has 6 rings (SSSR count). The van der Waals surface area contributed by atoms with Crippen LogP contribution in [0.2, 0.25) is 0 Å². The average Bonchev–Trinajstić information content (AvgIpc) is 3.57. The molecule has 1 saturated heterocycles. The molecule has 2 aromatic carbocycles. The molecule has 3 heterocycles. The van der Waals surface area contributed by atoms with E-state index in [4.69, 9.17) is 18.9 Å². The van der Waals surface area contributed by atoms with Gasteiger partial charge in [0.1, 0.15) is 0 Å². The molecular formula is C27H30N2O6. The highest BCUT2D eigenvalue weighted by atomic mass is 16.7. The van der Waals surface area contributed by atoms with E-state index in [1.165, 1.54) is 0 Å². The van der Waals surface area contributed by atoms with Gasteiger partial charge >= 0.3 is 0 Å². The van der Waals surface area contributed by atoms with Gasteiger partial charge in [0.2, 0.25) is 25.4 Å². The third-order valence-corrected chi connectivity index (χ3v) is 7.83. The van der Waals surface area contributed by atoms with Crippen molar-refractivity contribution < 1.29 is 28.5 Å². The summed E-state index contributed by atoms with van der Waals surface area (Å²) >= 11 is 0. The minimum absolute atomic E-state index is 0.0147. The van der Waals surface area contributed by atoms with Crippen molar-refractivity contribution in [3.8, 4) is 23.0 Å². The molecular weight excluding hydrogens is 448 g/mol. The Morgan fingerprint density at radius 3 is 2.14 bits per heavy atom. The lowest BCUT2D eigenvalue weighted by Crippen LogP contribution is -2.51. The van der Waals surface area contributed by atoms with E-state index in [2.05, 4.69) is 5.32 Å². The van der Waals surface area contributed by atoms with Crippen molar-refractivity contribution in [1.82, 2.24) is 4.90 Å². The molecule has 8 heteroatoms. The molecule has 0 aromatic heterocycles. The van der Waals surface area contributed by atoms with E-state index in [0.717, 1.165) is 49.2 Å². The summed E-state index contributed by atoms with van der Waals surface area (Å²) in [7, 11) is 0. The Kier molecular flexibility index (Phi) is 5.66. The lowest BCUT2D eigenvalue weighted by atomic mass is 9.68. The number of nitrogens with one attached hydrogen (secondary N) is 1. The van der Waals surface area contributed by atoms with Gasteiger partial charge in [-0.2, -0.15) is 0 Å². The molecule has 0 atom stereocenters. The summed E-state index contributed by atoms with van der Waals surface area (Å²) in [6.45, 7) is 1.60. The fourth-order valence-electron chi connectivity index (χ4n) is 5.84. The zero-order valence-electron chi connectivity index (χ0n) is 19.7. The summed E-state index contributed by atoms with van der Waals surface area (Å²) in [5, 5.41) is 3.00. The number of carbonyl (C=O) groups excluding carboxylic acids is 2. The number of ether oxygens (including phenoxy) is 4. The van der Waals surface area contributed by atoms with Crippen LogP contribution in [0.15, 0.2) is 36.4 Å². The van der Waals surface area contributed by atoms with Crippen LogP contribution in [-0.2, 0) is 15.0 Å². The number of hydrogen-bond acceptors (Lipinski definition) is 6. The highest BCUT2D eigenvalue weighted by Gasteiger charge is 2.45. The standard InChI is InChI=1S/C27H30N2O6/c30-25(28-20-5-7-22-24(15-20)35-17-33-22)18-8-12-29(13-9-18)26(31)27(10-2-1-3-11-27)19-4-6-21-23(14-19)34-16-32-21/h4-7,14-15,18H,1-3,8-13,16-17H2,(H,28,30). The SMILES string of the molecule is O=C(Nc1ccc2c(c1)OCO2)C1CCN(C(=O)C2(c3ccc4c(c3)OCO4)CCCCC2)CC1. The number of anilines is 1. The molecule has 4 aliphatic rings. The Bertz CT molecular complexity index is 1130. The second kappa shape index (κ2) is 8.98. The fraction of sp³-hybridized carbons (Fsp3) is 0.481. The minimum Gasteiger partial charge on any atom is -0.454 e. The number of hydrogen-bond donors (Lipinski definition) is 1. The molecule has 2 aromatic rings. The number of piperidine rings is 1. The number of carbonyl (C=O) groups is 2. The van der Waals surface area contributed by atoms with Crippen LogP contribution in [0.5, 0.6) is 23.0 Å². The summed E-state index contributed by atoms with van der Waals surface area (Å²) < 4.78 is 21.8. The van der Waals surface area contributed by atoms with Crippen LogP contribution in [0.25, 0.3) is 0 Å². The Hall–Kier alpha value is -3.42.